The molecule has 0 aliphatic heterocycles. The van der Waals surface area contributed by atoms with Gasteiger partial charge < -0.3 is 10.1 Å². The van der Waals surface area contributed by atoms with Crippen LogP contribution in [0, 0.1) is 0 Å². The van der Waals surface area contributed by atoms with Gasteiger partial charge in [0.25, 0.3) is 5.56 Å². The summed E-state index contributed by atoms with van der Waals surface area (Å²) in [4.78, 5) is 18.7. The maximum Gasteiger partial charge on any atom is 0.251 e. The third-order valence-electron chi connectivity index (χ3n) is 3.54. The van der Waals surface area contributed by atoms with E-state index in [4.69, 9.17) is 0 Å². The molecular formula is C14H22N2O2S. The minimum Gasteiger partial charge on any atom is -0.389 e. The average molecular weight is 282 g/mol. The third kappa shape index (κ3) is 4.35. The van der Waals surface area contributed by atoms with Crippen LogP contribution in [0.1, 0.15) is 51.1 Å². The highest BCUT2D eigenvalue weighted by Gasteiger charge is 2.29. The molecule has 19 heavy (non-hydrogen) atoms. The summed E-state index contributed by atoms with van der Waals surface area (Å²) in [6.45, 7) is 2.07. The molecule has 0 saturated heterocycles. The van der Waals surface area contributed by atoms with Gasteiger partial charge >= 0.3 is 0 Å². The molecule has 0 spiro atoms. The normalized spacial score (nSPS) is 18.4. The van der Waals surface area contributed by atoms with E-state index in [0.29, 0.717) is 10.9 Å². The number of aromatic amines is 1. The summed E-state index contributed by atoms with van der Waals surface area (Å²) in [5.41, 5.74) is 0.156. The van der Waals surface area contributed by atoms with Gasteiger partial charge in [0, 0.05) is 17.5 Å². The molecule has 1 aliphatic rings. The lowest BCUT2D eigenvalue weighted by atomic mass is 9.86. The lowest BCUT2D eigenvalue weighted by molar-refractivity contribution is 0.0272. The van der Waals surface area contributed by atoms with Crippen LogP contribution >= 0.6 is 11.8 Å². The smallest absolute Gasteiger partial charge is 0.251 e. The molecule has 1 aromatic rings. The lowest BCUT2D eigenvalue weighted by Gasteiger charge is -2.31. The molecule has 4 nitrogen and oxygen atoms in total. The van der Waals surface area contributed by atoms with Crippen molar-refractivity contribution in [3.05, 3.63) is 22.1 Å². The fourth-order valence-corrected chi connectivity index (χ4v) is 3.54. The van der Waals surface area contributed by atoms with Crippen LogP contribution in [0.3, 0.4) is 0 Å². The molecule has 1 saturated carbocycles. The van der Waals surface area contributed by atoms with Crippen molar-refractivity contribution in [3.63, 3.8) is 0 Å². The molecule has 1 aromatic heterocycles. The van der Waals surface area contributed by atoms with Gasteiger partial charge in [0.15, 0.2) is 5.16 Å². The highest BCUT2D eigenvalue weighted by atomic mass is 32.2. The first-order valence-corrected chi connectivity index (χ1v) is 8.05. The summed E-state index contributed by atoms with van der Waals surface area (Å²) in [6, 6.07) is 1.56. The molecule has 2 rings (SSSR count). The first-order chi connectivity index (χ1) is 9.11. The van der Waals surface area contributed by atoms with Crippen LogP contribution in [0.5, 0.6) is 0 Å². The van der Waals surface area contributed by atoms with Crippen molar-refractivity contribution in [1.29, 1.82) is 0 Å². The fraction of sp³-hybridized carbons (Fsp3) is 0.714. The van der Waals surface area contributed by atoms with Gasteiger partial charge in [-0.15, -0.1) is 0 Å². The first kappa shape index (κ1) is 14.6. The minimum atomic E-state index is -0.581. The molecule has 5 heteroatoms. The lowest BCUT2D eigenvalue weighted by Crippen LogP contribution is -2.34. The second-order valence-electron chi connectivity index (χ2n) is 5.37. The Morgan fingerprint density at radius 2 is 2.16 bits per heavy atom. The van der Waals surface area contributed by atoms with Crippen LogP contribution in [0.25, 0.3) is 0 Å². The molecule has 0 bridgehead atoms. The minimum absolute atomic E-state index is 0.100. The summed E-state index contributed by atoms with van der Waals surface area (Å²) in [5.74, 6) is 0.617. The number of thioether (sulfide) groups is 1. The Morgan fingerprint density at radius 1 is 1.42 bits per heavy atom. The van der Waals surface area contributed by atoms with Gasteiger partial charge in [-0.05, 0) is 19.3 Å². The Balaban J connectivity index is 2.00. The summed E-state index contributed by atoms with van der Waals surface area (Å²) in [5, 5.41) is 11.1. The summed E-state index contributed by atoms with van der Waals surface area (Å²) in [6.07, 6.45) is 6.92. The standard InChI is InChI=1S/C14H22N2O2S/c1-2-6-11-9-12(17)16-13(15-11)19-10-14(18)7-4-3-5-8-14/h9,18H,2-8,10H2,1H3,(H,15,16,17). The van der Waals surface area contributed by atoms with E-state index < -0.39 is 5.60 Å². The van der Waals surface area contributed by atoms with Gasteiger partial charge in [-0.1, -0.05) is 44.4 Å². The molecular weight excluding hydrogens is 260 g/mol. The maximum absolute atomic E-state index is 11.5. The zero-order chi connectivity index (χ0) is 13.7. The number of nitrogens with zero attached hydrogens (tertiary/aromatic N) is 1. The predicted octanol–water partition coefficient (Wildman–Crippen LogP) is 2.51. The van der Waals surface area contributed by atoms with E-state index in [1.165, 1.54) is 18.2 Å². The Kier molecular flexibility index (Phi) is 5.05. The van der Waals surface area contributed by atoms with Gasteiger partial charge in [-0.2, -0.15) is 0 Å². The molecule has 0 aromatic carbocycles. The van der Waals surface area contributed by atoms with Gasteiger partial charge in [-0.25, -0.2) is 4.98 Å². The fourth-order valence-electron chi connectivity index (χ4n) is 2.49. The van der Waals surface area contributed by atoms with Crippen molar-refractivity contribution >= 4 is 11.8 Å². The topological polar surface area (TPSA) is 66.0 Å². The second kappa shape index (κ2) is 6.57. The van der Waals surface area contributed by atoms with Crippen LogP contribution in [-0.4, -0.2) is 26.4 Å². The van der Waals surface area contributed by atoms with E-state index in [2.05, 4.69) is 16.9 Å². The first-order valence-electron chi connectivity index (χ1n) is 7.07. The second-order valence-corrected chi connectivity index (χ2v) is 6.33. The van der Waals surface area contributed by atoms with Gasteiger partial charge in [0.2, 0.25) is 0 Å². The SMILES string of the molecule is CCCc1cc(=O)[nH]c(SCC2(O)CCCCC2)n1. The number of hydrogen-bond donors (Lipinski definition) is 2. The number of aryl methyl sites for hydroxylation is 1. The van der Waals surface area contributed by atoms with Crippen molar-refractivity contribution < 1.29 is 5.11 Å². The third-order valence-corrected chi connectivity index (χ3v) is 4.69. The van der Waals surface area contributed by atoms with E-state index in [1.54, 1.807) is 6.07 Å². The summed E-state index contributed by atoms with van der Waals surface area (Å²) in [7, 11) is 0. The van der Waals surface area contributed by atoms with Gasteiger partial charge in [-0.3, -0.25) is 4.79 Å². The number of rotatable bonds is 5. The van der Waals surface area contributed by atoms with Crippen molar-refractivity contribution in [1.82, 2.24) is 9.97 Å². The van der Waals surface area contributed by atoms with Crippen molar-refractivity contribution in [2.45, 2.75) is 62.6 Å². The Hall–Kier alpha value is -0.810. The Morgan fingerprint density at radius 3 is 2.84 bits per heavy atom. The molecule has 0 amide bonds. The van der Waals surface area contributed by atoms with Crippen LogP contribution in [0.15, 0.2) is 16.0 Å². The average Bonchev–Trinajstić information content (AvgIpc) is 2.37. The van der Waals surface area contributed by atoms with E-state index in [9.17, 15) is 9.90 Å². The van der Waals surface area contributed by atoms with Crippen LogP contribution in [0.4, 0.5) is 0 Å². The molecule has 1 fully saturated rings. The molecule has 1 heterocycles. The largest absolute Gasteiger partial charge is 0.389 e. The molecule has 1 aliphatic carbocycles. The molecule has 0 atom stereocenters. The highest BCUT2D eigenvalue weighted by molar-refractivity contribution is 7.99. The van der Waals surface area contributed by atoms with Gasteiger partial charge in [0.05, 0.1) is 5.60 Å². The zero-order valence-electron chi connectivity index (χ0n) is 11.4. The summed E-state index contributed by atoms with van der Waals surface area (Å²) >= 11 is 1.46. The monoisotopic (exact) mass is 282 g/mol. The highest BCUT2D eigenvalue weighted by Crippen LogP contribution is 2.32. The predicted molar refractivity (Wildman–Crippen MR) is 77.6 cm³/mol. The number of nitrogens with one attached hydrogen (secondary N) is 1. The van der Waals surface area contributed by atoms with Crippen LogP contribution < -0.4 is 5.56 Å². The van der Waals surface area contributed by atoms with Crippen molar-refractivity contribution in [2.75, 3.05) is 5.75 Å². The molecule has 0 unspecified atom stereocenters. The quantitative estimate of drug-likeness (QED) is 0.643. The number of hydrogen-bond acceptors (Lipinski definition) is 4. The van der Waals surface area contributed by atoms with E-state index >= 15 is 0 Å². The van der Waals surface area contributed by atoms with Gasteiger partial charge in [0.1, 0.15) is 0 Å². The maximum atomic E-state index is 11.5. The van der Waals surface area contributed by atoms with Crippen LogP contribution in [0.2, 0.25) is 0 Å². The molecule has 2 N–H and O–H groups in total. The number of H-pyrrole nitrogens is 1. The Labute approximate surface area is 118 Å². The van der Waals surface area contributed by atoms with E-state index in [0.717, 1.165) is 44.2 Å². The molecule has 0 radical (unpaired) electrons. The van der Waals surface area contributed by atoms with Crippen LogP contribution in [-0.2, 0) is 6.42 Å². The van der Waals surface area contributed by atoms with E-state index in [1.807, 2.05) is 0 Å². The number of aromatic nitrogens is 2. The van der Waals surface area contributed by atoms with Crippen molar-refractivity contribution in [2.24, 2.45) is 0 Å². The summed E-state index contributed by atoms with van der Waals surface area (Å²) < 4.78 is 0. The van der Waals surface area contributed by atoms with E-state index in [-0.39, 0.29) is 5.56 Å². The Bertz CT molecular complexity index is 467. The zero-order valence-corrected chi connectivity index (χ0v) is 12.3. The molecule has 106 valence electrons. The van der Waals surface area contributed by atoms with Crippen molar-refractivity contribution in [3.8, 4) is 0 Å². The number of aliphatic hydroxyl groups is 1.